The summed E-state index contributed by atoms with van der Waals surface area (Å²) >= 11 is 0. The lowest BCUT2D eigenvalue weighted by atomic mass is 10.0. The molecular formula is C22H25N5O4. The average Bonchev–Trinajstić information content (AvgIpc) is 3.35. The summed E-state index contributed by atoms with van der Waals surface area (Å²) < 4.78 is 4.71. The minimum atomic E-state index is -0.640. The Bertz CT molecular complexity index is 984. The molecule has 0 fully saturated rings. The predicted octanol–water partition coefficient (Wildman–Crippen LogP) is 1.19. The number of carbonyl (C=O) groups is 3. The second-order valence-corrected chi connectivity index (χ2v) is 7.72. The number of ether oxygens (including phenoxy) is 1. The van der Waals surface area contributed by atoms with E-state index in [1.807, 2.05) is 0 Å². The number of hydrogen-bond donors (Lipinski definition) is 3. The van der Waals surface area contributed by atoms with Gasteiger partial charge >= 0.3 is 5.97 Å². The van der Waals surface area contributed by atoms with Crippen LogP contribution in [0.5, 0.6) is 0 Å². The van der Waals surface area contributed by atoms with Crippen LogP contribution in [0.3, 0.4) is 0 Å². The highest BCUT2D eigenvalue weighted by atomic mass is 16.5. The van der Waals surface area contributed by atoms with Crippen molar-refractivity contribution in [3.63, 3.8) is 0 Å². The molecule has 2 amide bonds. The van der Waals surface area contributed by atoms with Crippen molar-refractivity contribution >= 4 is 23.7 Å². The quantitative estimate of drug-likeness (QED) is 0.362. The molecule has 0 saturated heterocycles. The van der Waals surface area contributed by atoms with Crippen molar-refractivity contribution in [1.82, 2.24) is 20.8 Å². The molecule has 31 heavy (non-hydrogen) atoms. The van der Waals surface area contributed by atoms with Crippen molar-refractivity contribution in [2.24, 2.45) is 0 Å². The summed E-state index contributed by atoms with van der Waals surface area (Å²) in [5.41, 5.74) is 8.93. The van der Waals surface area contributed by atoms with Crippen LogP contribution in [-0.4, -0.2) is 40.4 Å². The standard InChI is InChI=1S/C22H25N5O4/c1-2-31-20(29)11-19(28)26-27-21(30)16-7-8-18-17(16)12-23-22(25-18)24-15-9-13-5-3-4-6-14(13)10-15/h3-6,12,15-16H,2,7-11H2,1H3,(H,26,28)(H,27,30)(H,23,24,25). The number of fused-ring (bicyclic) bond motifs is 2. The average molecular weight is 423 g/mol. The molecular weight excluding hydrogens is 398 g/mol. The lowest BCUT2D eigenvalue weighted by Gasteiger charge is -2.14. The third-order valence-electron chi connectivity index (χ3n) is 5.58. The Balaban J connectivity index is 1.31. The van der Waals surface area contributed by atoms with Crippen LogP contribution in [0.4, 0.5) is 5.95 Å². The molecule has 3 N–H and O–H groups in total. The minimum Gasteiger partial charge on any atom is -0.466 e. The Kier molecular flexibility index (Phi) is 6.11. The second kappa shape index (κ2) is 9.11. The third-order valence-corrected chi connectivity index (χ3v) is 5.58. The first kappa shape index (κ1) is 20.8. The molecule has 0 bridgehead atoms. The number of amides is 2. The zero-order valence-electron chi connectivity index (χ0n) is 17.3. The maximum absolute atomic E-state index is 12.5. The summed E-state index contributed by atoms with van der Waals surface area (Å²) in [6.45, 7) is 1.85. The molecule has 162 valence electrons. The fourth-order valence-corrected chi connectivity index (χ4v) is 4.15. The molecule has 1 atom stereocenters. The van der Waals surface area contributed by atoms with Crippen LogP contribution < -0.4 is 16.2 Å². The normalized spacial score (nSPS) is 16.9. The van der Waals surface area contributed by atoms with Crippen LogP contribution >= 0.6 is 0 Å². The number of rotatable bonds is 6. The second-order valence-electron chi connectivity index (χ2n) is 7.72. The van der Waals surface area contributed by atoms with E-state index in [9.17, 15) is 14.4 Å². The van der Waals surface area contributed by atoms with Crippen LogP contribution in [0.25, 0.3) is 0 Å². The van der Waals surface area contributed by atoms with Crippen LogP contribution in [0.1, 0.15) is 48.1 Å². The van der Waals surface area contributed by atoms with Gasteiger partial charge in [0.05, 0.1) is 12.5 Å². The maximum Gasteiger partial charge on any atom is 0.315 e. The molecule has 2 aromatic rings. The van der Waals surface area contributed by atoms with Crippen LogP contribution in [0, 0.1) is 0 Å². The van der Waals surface area contributed by atoms with Gasteiger partial charge in [-0.05, 0) is 43.7 Å². The highest BCUT2D eigenvalue weighted by molar-refractivity contribution is 5.95. The van der Waals surface area contributed by atoms with Crippen molar-refractivity contribution in [2.45, 2.75) is 51.0 Å². The van der Waals surface area contributed by atoms with Gasteiger partial charge < -0.3 is 10.1 Å². The molecule has 0 saturated carbocycles. The molecule has 9 heteroatoms. The van der Waals surface area contributed by atoms with Gasteiger partial charge in [-0.2, -0.15) is 0 Å². The number of hydrogen-bond acceptors (Lipinski definition) is 7. The van der Waals surface area contributed by atoms with Gasteiger partial charge in [-0.15, -0.1) is 0 Å². The molecule has 1 unspecified atom stereocenters. The number of aryl methyl sites for hydroxylation is 1. The fraction of sp³-hybridized carbons (Fsp3) is 0.409. The smallest absolute Gasteiger partial charge is 0.315 e. The SMILES string of the molecule is CCOC(=O)CC(=O)NNC(=O)C1CCc2nc(NC3Cc4ccccc4C3)ncc21. The Morgan fingerprint density at radius 3 is 2.58 bits per heavy atom. The Labute approximate surface area is 180 Å². The fourth-order valence-electron chi connectivity index (χ4n) is 4.15. The number of esters is 1. The van der Waals surface area contributed by atoms with Gasteiger partial charge in [0.2, 0.25) is 17.8 Å². The van der Waals surface area contributed by atoms with Crippen LogP contribution in [-0.2, 0) is 38.4 Å². The summed E-state index contributed by atoms with van der Waals surface area (Å²) in [6, 6.07) is 8.66. The molecule has 1 aromatic carbocycles. The molecule has 2 aliphatic carbocycles. The molecule has 9 nitrogen and oxygen atoms in total. The van der Waals surface area contributed by atoms with Gasteiger partial charge in [-0.1, -0.05) is 24.3 Å². The van der Waals surface area contributed by atoms with Crippen LogP contribution in [0.15, 0.2) is 30.5 Å². The lowest BCUT2D eigenvalue weighted by molar-refractivity contribution is -0.146. The highest BCUT2D eigenvalue weighted by Gasteiger charge is 2.31. The summed E-state index contributed by atoms with van der Waals surface area (Å²) in [7, 11) is 0. The minimum absolute atomic E-state index is 0.196. The van der Waals surface area contributed by atoms with E-state index in [1.54, 1.807) is 13.1 Å². The van der Waals surface area contributed by atoms with E-state index in [1.165, 1.54) is 11.1 Å². The first-order valence-corrected chi connectivity index (χ1v) is 10.5. The van der Waals surface area contributed by atoms with E-state index in [0.29, 0.717) is 18.8 Å². The van der Waals surface area contributed by atoms with Crippen molar-refractivity contribution < 1.29 is 19.1 Å². The van der Waals surface area contributed by atoms with Gasteiger partial charge in [0.1, 0.15) is 6.42 Å². The van der Waals surface area contributed by atoms with Gasteiger partial charge in [0.25, 0.3) is 0 Å². The van der Waals surface area contributed by atoms with E-state index in [2.05, 4.69) is 50.4 Å². The summed E-state index contributed by atoms with van der Waals surface area (Å²) in [5, 5.41) is 3.41. The number of nitrogens with one attached hydrogen (secondary N) is 3. The topological polar surface area (TPSA) is 122 Å². The third kappa shape index (κ3) is 4.82. The molecule has 0 radical (unpaired) electrons. The van der Waals surface area contributed by atoms with E-state index >= 15 is 0 Å². The van der Waals surface area contributed by atoms with Crippen molar-refractivity contribution in [3.8, 4) is 0 Å². The van der Waals surface area contributed by atoms with E-state index in [4.69, 9.17) is 4.74 Å². The van der Waals surface area contributed by atoms with Crippen molar-refractivity contribution in [3.05, 3.63) is 52.8 Å². The molecule has 1 aromatic heterocycles. The Hall–Kier alpha value is -3.49. The molecule has 2 aliphatic rings. The van der Waals surface area contributed by atoms with Crippen LogP contribution in [0.2, 0.25) is 0 Å². The summed E-state index contributed by atoms with van der Waals surface area (Å²) in [4.78, 5) is 44.6. The van der Waals surface area contributed by atoms with E-state index in [0.717, 1.165) is 24.1 Å². The Morgan fingerprint density at radius 2 is 1.87 bits per heavy atom. The Morgan fingerprint density at radius 1 is 1.13 bits per heavy atom. The number of aromatic nitrogens is 2. The molecule has 4 rings (SSSR count). The van der Waals surface area contributed by atoms with Gasteiger partial charge in [-0.3, -0.25) is 25.2 Å². The first-order chi connectivity index (χ1) is 15.0. The van der Waals surface area contributed by atoms with Crippen molar-refractivity contribution in [1.29, 1.82) is 0 Å². The number of anilines is 1. The first-order valence-electron chi connectivity index (χ1n) is 10.5. The highest BCUT2D eigenvalue weighted by Crippen LogP contribution is 2.32. The van der Waals surface area contributed by atoms with E-state index in [-0.39, 0.29) is 18.6 Å². The van der Waals surface area contributed by atoms with Crippen molar-refractivity contribution in [2.75, 3.05) is 11.9 Å². The zero-order valence-corrected chi connectivity index (χ0v) is 17.3. The number of carbonyl (C=O) groups excluding carboxylic acids is 3. The summed E-state index contributed by atoms with van der Waals surface area (Å²) in [5.74, 6) is -1.49. The van der Waals surface area contributed by atoms with E-state index < -0.39 is 24.2 Å². The van der Waals surface area contributed by atoms with Gasteiger partial charge in [0, 0.05) is 23.5 Å². The molecule has 0 aliphatic heterocycles. The molecule has 0 spiro atoms. The summed E-state index contributed by atoms with van der Waals surface area (Å²) in [6.07, 6.45) is 4.36. The predicted molar refractivity (Wildman–Crippen MR) is 112 cm³/mol. The van der Waals surface area contributed by atoms with Gasteiger partial charge in [0.15, 0.2) is 0 Å². The number of benzene rings is 1. The monoisotopic (exact) mass is 423 g/mol. The number of hydrazine groups is 1. The zero-order chi connectivity index (χ0) is 21.8. The van der Waals surface area contributed by atoms with Gasteiger partial charge in [-0.25, -0.2) is 9.97 Å². The maximum atomic E-state index is 12.5. The lowest BCUT2D eigenvalue weighted by Crippen LogP contribution is -2.44. The number of nitrogens with zero attached hydrogens (tertiary/aromatic N) is 2. The molecule has 1 heterocycles. The largest absolute Gasteiger partial charge is 0.466 e.